The third-order valence-electron chi connectivity index (χ3n) is 2.77. The Morgan fingerprint density at radius 3 is 2.00 bits per heavy atom. The molecule has 0 amide bonds. The molecule has 2 aromatic rings. The van der Waals surface area contributed by atoms with E-state index in [1.165, 1.54) is 36.4 Å². The maximum absolute atomic E-state index is 12.4. The lowest BCUT2D eigenvalue weighted by molar-refractivity contribution is 0.595. The van der Waals surface area contributed by atoms with E-state index < -0.39 is 24.8 Å². The molecule has 7 nitrogen and oxygen atoms in total. The molecule has 2 rings (SSSR count). The Kier molecular flexibility index (Phi) is 3.66. The molecule has 0 spiro atoms. The largest absolute Gasteiger partial charge is 0.399 e. The van der Waals surface area contributed by atoms with Crippen molar-refractivity contribution in [3.63, 3.8) is 0 Å². The van der Waals surface area contributed by atoms with Gasteiger partial charge in [-0.3, -0.25) is 0 Å². The van der Waals surface area contributed by atoms with Gasteiger partial charge in [0.1, 0.15) is 4.90 Å². The van der Waals surface area contributed by atoms with Gasteiger partial charge in [-0.1, -0.05) is 6.07 Å². The molecule has 112 valence electrons. The molecule has 0 radical (unpaired) electrons. The van der Waals surface area contributed by atoms with Gasteiger partial charge in [-0.05, 0) is 36.4 Å². The number of nitrogen functional groups attached to an aromatic ring is 2. The third kappa shape index (κ3) is 2.99. The fraction of sp³-hybridized carbons (Fsp3) is 0. The van der Waals surface area contributed by atoms with E-state index in [1.807, 2.05) is 0 Å². The number of hydrogen-bond donors (Lipinski definition) is 3. The van der Waals surface area contributed by atoms with E-state index in [2.05, 4.69) is 0 Å². The Morgan fingerprint density at radius 2 is 1.43 bits per heavy atom. The fourth-order valence-corrected chi connectivity index (χ4v) is 3.85. The maximum atomic E-state index is 12.4. The standard InChI is InChI=1S/C12H13N3O4S2/c13-8-2-1-3-9(6-8)20(16,17)10-4-5-11(14)12(7-10)21(15,18)19/h1-7H,13-14H2,(H2,15,18,19). The second-order valence-electron chi connectivity index (χ2n) is 4.32. The van der Waals surface area contributed by atoms with E-state index in [0.717, 1.165) is 6.07 Å². The van der Waals surface area contributed by atoms with Gasteiger partial charge in [0.05, 0.1) is 15.5 Å². The number of rotatable bonds is 3. The number of hydrogen-bond acceptors (Lipinski definition) is 6. The van der Waals surface area contributed by atoms with Crippen LogP contribution in [0.25, 0.3) is 0 Å². The van der Waals surface area contributed by atoms with Crippen LogP contribution < -0.4 is 16.6 Å². The molecular formula is C12H13N3O4S2. The maximum Gasteiger partial charge on any atom is 0.240 e. The smallest absolute Gasteiger partial charge is 0.240 e. The summed E-state index contributed by atoms with van der Waals surface area (Å²) in [6.45, 7) is 0. The first kappa shape index (κ1) is 15.3. The van der Waals surface area contributed by atoms with Crippen molar-refractivity contribution >= 4 is 31.2 Å². The average molecular weight is 327 g/mol. The highest BCUT2D eigenvalue weighted by atomic mass is 32.2. The summed E-state index contributed by atoms with van der Waals surface area (Å²) in [5, 5.41) is 5.01. The number of primary sulfonamides is 1. The molecule has 21 heavy (non-hydrogen) atoms. The van der Waals surface area contributed by atoms with Gasteiger partial charge < -0.3 is 11.5 Å². The molecule has 0 aromatic heterocycles. The van der Waals surface area contributed by atoms with Crippen LogP contribution in [0.3, 0.4) is 0 Å². The van der Waals surface area contributed by atoms with Crippen molar-refractivity contribution in [3.8, 4) is 0 Å². The summed E-state index contributed by atoms with van der Waals surface area (Å²) in [5.74, 6) is 0. The van der Waals surface area contributed by atoms with Crippen LogP contribution in [-0.2, 0) is 19.9 Å². The average Bonchev–Trinajstić information content (AvgIpc) is 2.37. The van der Waals surface area contributed by atoms with Gasteiger partial charge in [-0.2, -0.15) is 0 Å². The van der Waals surface area contributed by atoms with Crippen LogP contribution in [-0.4, -0.2) is 16.8 Å². The Labute approximate surface area is 122 Å². The zero-order valence-corrected chi connectivity index (χ0v) is 12.4. The number of sulfonamides is 1. The van der Waals surface area contributed by atoms with Crippen molar-refractivity contribution in [2.24, 2.45) is 5.14 Å². The second-order valence-corrected chi connectivity index (χ2v) is 7.80. The first-order valence-electron chi connectivity index (χ1n) is 5.65. The Morgan fingerprint density at radius 1 is 0.810 bits per heavy atom. The van der Waals surface area contributed by atoms with Crippen LogP contribution in [0.1, 0.15) is 0 Å². The van der Waals surface area contributed by atoms with Crippen molar-refractivity contribution in [2.45, 2.75) is 14.7 Å². The molecule has 0 atom stereocenters. The summed E-state index contributed by atoms with van der Waals surface area (Å²) in [4.78, 5) is -0.716. The molecule has 0 aliphatic carbocycles. The second kappa shape index (κ2) is 5.02. The molecule has 0 bridgehead atoms. The van der Waals surface area contributed by atoms with Crippen LogP contribution in [0.15, 0.2) is 57.2 Å². The van der Waals surface area contributed by atoms with Crippen molar-refractivity contribution in [1.29, 1.82) is 0 Å². The van der Waals surface area contributed by atoms with E-state index in [4.69, 9.17) is 16.6 Å². The van der Waals surface area contributed by atoms with Gasteiger partial charge in [-0.15, -0.1) is 0 Å². The molecule has 0 saturated heterocycles. The Bertz CT molecular complexity index is 906. The lowest BCUT2D eigenvalue weighted by Gasteiger charge is -2.08. The van der Waals surface area contributed by atoms with Gasteiger partial charge in [0.2, 0.25) is 19.9 Å². The zero-order valence-electron chi connectivity index (χ0n) is 10.7. The molecule has 2 aromatic carbocycles. The molecule has 6 N–H and O–H groups in total. The van der Waals surface area contributed by atoms with Gasteiger partial charge in [0.15, 0.2) is 0 Å². The van der Waals surface area contributed by atoms with Crippen LogP contribution in [0.2, 0.25) is 0 Å². The van der Waals surface area contributed by atoms with E-state index in [9.17, 15) is 16.8 Å². The van der Waals surface area contributed by atoms with E-state index in [-0.39, 0.29) is 21.2 Å². The Hall–Kier alpha value is -2.10. The summed E-state index contributed by atoms with van der Waals surface area (Å²) >= 11 is 0. The Balaban J connectivity index is 2.67. The van der Waals surface area contributed by atoms with Gasteiger partial charge in [-0.25, -0.2) is 22.0 Å². The van der Waals surface area contributed by atoms with E-state index in [0.29, 0.717) is 0 Å². The van der Waals surface area contributed by atoms with Gasteiger partial charge in [0.25, 0.3) is 0 Å². The monoisotopic (exact) mass is 327 g/mol. The third-order valence-corrected chi connectivity index (χ3v) is 5.49. The fourth-order valence-electron chi connectivity index (χ4n) is 1.75. The molecule has 0 heterocycles. The quantitative estimate of drug-likeness (QED) is 0.692. The molecular weight excluding hydrogens is 314 g/mol. The van der Waals surface area contributed by atoms with Crippen molar-refractivity contribution in [1.82, 2.24) is 0 Å². The number of benzene rings is 2. The SMILES string of the molecule is Nc1cccc(S(=O)(=O)c2ccc(N)c(S(N)(=O)=O)c2)c1. The summed E-state index contributed by atoms with van der Waals surface area (Å²) in [6.07, 6.45) is 0. The number of nitrogens with two attached hydrogens (primary N) is 3. The van der Waals surface area contributed by atoms with Crippen LogP contribution in [0.4, 0.5) is 11.4 Å². The first-order valence-corrected chi connectivity index (χ1v) is 8.68. The van der Waals surface area contributed by atoms with E-state index in [1.54, 1.807) is 0 Å². The highest BCUT2D eigenvalue weighted by molar-refractivity contribution is 7.91. The minimum Gasteiger partial charge on any atom is -0.399 e. The summed E-state index contributed by atoms with van der Waals surface area (Å²) in [6, 6.07) is 8.99. The van der Waals surface area contributed by atoms with Crippen LogP contribution >= 0.6 is 0 Å². The predicted molar refractivity (Wildman–Crippen MR) is 78.5 cm³/mol. The molecule has 0 aliphatic rings. The van der Waals surface area contributed by atoms with Crippen LogP contribution in [0.5, 0.6) is 0 Å². The van der Waals surface area contributed by atoms with Crippen LogP contribution in [0, 0.1) is 0 Å². The zero-order chi connectivity index (χ0) is 15.8. The number of anilines is 2. The molecule has 0 saturated carbocycles. The number of sulfone groups is 1. The van der Waals surface area contributed by atoms with Gasteiger partial charge in [0, 0.05) is 5.69 Å². The molecule has 0 unspecified atom stereocenters. The predicted octanol–water partition coefficient (Wildman–Crippen LogP) is 0.331. The highest BCUT2D eigenvalue weighted by Gasteiger charge is 2.22. The first-order chi connectivity index (χ1) is 9.62. The van der Waals surface area contributed by atoms with Crippen molar-refractivity contribution in [2.75, 3.05) is 11.5 Å². The lowest BCUT2D eigenvalue weighted by atomic mass is 10.3. The lowest BCUT2D eigenvalue weighted by Crippen LogP contribution is -2.15. The summed E-state index contributed by atoms with van der Waals surface area (Å²) in [5.41, 5.74) is 11.2. The molecule has 0 aliphatic heterocycles. The summed E-state index contributed by atoms with van der Waals surface area (Å²) in [7, 11) is -8.04. The van der Waals surface area contributed by atoms with E-state index >= 15 is 0 Å². The van der Waals surface area contributed by atoms with Gasteiger partial charge >= 0.3 is 0 Å². The molecule has 0 fully saturated rings. The van der Waals surface area contributed by atoms with Crippen molar-refractivity contribution < 1.29 is 16.8 Å². The highest BCUT2D eigenvalue weighted by Crippen LogP contribution is 2.26. The van der Waals surface area contributed by atoms with Crippen molar-refractivity contribution in [3.05, 3.63) is 42.5 Å². The topological polar surface area (TPSA) is 146 Å². The minimum absolute atomic E-state index is 0.0485. The normalized spacial score (nSPS) is 12.2. The summed E-state index contributed by atoms with van der Waals surface area (Å²) < 4.78 is 47.7. The minimum atomic E-state index is -4.12. The molecule has 9 heteroatoms.